The molecule has 0 spiro atoms. The molecule has 0 radical (unpaired) electrons. The molecule has 7 aromatic carbocycles. The van der Waals surface area contributed by atoms with Crippen LogP contribution in [-0.4, -0.2) is 68.1 Å². The molecule has 0 atom stereocenters. The van der Waals surface area contributed by atoms with Crippen LogP contribution in [0.1, 0.15) is 11.1 Å². The van der Waals surface area contributed by atoms with E-state index < -0.39 is 71.6 Å². The third-order valence-electron chi connectivity index (χ3n) is 9.28. The number of nitrogens with two attached hydrogens (primary N) is 1. The highest BCUT2D eigenvalue weighted by Gasteiger charge is 2.22. The van der Waals surface area contributed by atoms with Crippen molar-refractivity contribution in [1.82, 2.24) is 0 Å². The fraction of sp³-hybridized carbons (Fsp3) is 0.0488. The standard InChI is InChI=1S/C26H18N4O14S4.C15H17N3/c31-23-12-24(32)22(30-28-16-4-2-14-6-18(46(36,37)38)10-26(20(14)8-16)48(42,43)44)11-21(23)29-27-15-3-1-13-5-17(45(33,34)35)9-25(19(13)7-15)47(39,40)41;1-11-7-3-5-9-13(11)17-15(16)18-14-10-6-4-8-12(14)2/h1-12,31-32H,(H,33,34,35)(H,36,37,38)(H,39,40,41)(H,42,43,44);3-10H,1-2H3,(H3,16,17,18). The number of anilines is 1. The number of nitrogens with one attached hydrogen (secondary N) is 1. The SMILES string of the molecule is Cc1ccccc1N=C(N)Nc1ccccc1C.O=S(=O)(O)c1cc(S(=O)(=O)O)c2cc(N=Nc3cc(N=Nc4ccc5cc(S(=O)(=O)O)cc(S(=O)(=O)O)c5c4)c(O)cc3O)ccc2c1. The van der Waals surface area contributed by atoms with Crippen LogP contribution < -0.4 is 11.1 Å². The molecule has 0 amide bonds. The molecule has 25 heteroatoms. The summed E-state index contributed by atoms with van der Waals surface area (Å²) in [5.74, 6) is -0.783. The van der Waals surface area contributed by atoms with Gasteiger partial charge in [-0.2, -0.15) is 43.9 Å². The van der Waals surface area contributed by atoms with E-state index in [9.17, 15) is 62.1 Å². The van der Waals surface area contributed by atoms with Crippen molar-refractivity contribution < 1.29 is 62.1 Å². The molecule has 0 heterocycles. The Bertz CT molecular complexity index is 3460. The molecule has 0 aliphatic rings. The van der Waals surface area contributed by atoms with Crippen LogP contribution in [0.4, 0.5) is 34.1 Å². The number of phenolic OH excluding ortho intramolecular Hbond substituents is 2. The van der Waals surface area contributed by atoms with Crippen molar-refractivity contribution in [3.63, 3.8) is 0 Å². The maximum atomic E-state index is 11.9. The van der Waals surface area contributed by atoms with Crippen molar-refractivity contribution in [2.24, 2.45) is 31.2 Å². The van der Waals surface area contributed by atoms with Gasteiger partial charge in [-0.1, -0.05) is 48.5 Å². The summed E-state index contributed by atoms with van der Waals surface area (Å²) in [6.45, 7) is 4.04. The Morgan fingerprint density at radius 3 is 1.35 bits per heavy atom. The molecule has 7 rings (SSSR count). The predicted octanol–water partition coefficient (Wildman–Crippen LogP) is 8.58. The van der Waals surface area contributed by atoms with Gasteiger partial charge in [-0.25, -0.2) is 4.99 Å². The van der Waals surface area contributed by atoms with E-state index in [1.807, 2.05) is 62.4 Å². The quantitative estimate of drug-likeness (QED) is 0.0275. The monoisotopic (exact) mass is 977 g/mol. The summed E-state index contributed by atoms with van der Waals surface area (Å²) in [5.41, 5.74) is 9.34. The fourth-order valence-electron chi connectivity index (χ4n) is 6.06. The third-order valence-corrected chi connectivity index (χ3v) is 12.7. The van der Waals surface area contributed by atoms with Crippen molar-refractivity contribution in [2.45, 2.75) is 33.4 Å². The minimum absolute atomic E-state index is 0.0110. The molecule has 0 unspecified atom stereocenters. The van der Waals surface area contributed by atoms with E-state index in [-0.39, 0.29) is 44.3 Å². The summed E-state index contributed by atoms with van der Waals surface area (Å²) in [5, 5.41) is 38.8. The second-order valence-electron chi connectivity index (χ2n) is 14.0. The number of aliphatic imine (C=N–C) groups is 1. The van der Waals surface area contributed by atoms with Gasteiger partial charge in [0.2, 0.25) is 0 Å². The molecule has 342 valence electrons. The summed E-state index contributed by atoms with van der Waals surface area (Å²) >= 11 is 0. The van der Waals surface area contributed by atoms with Gasteiger partial charge in [0.05, 0.1) is 26.9 Å². The number of aryl methyl sites for hydroxylation is 2. The number of hydrogen-bond acceptors (Lipinski definition) is 15. The highest BCUT2D eigenvalue weighted by molar-refractivity contribution is 7.87. The second kappa shape index (κ2) is 18.7. The minimum atomic E-state index is -4.99. The largest absolute Gasteiger partial charge is 0.505 e. The highest BCUT2D eigenvalue weighted by atomic mass is 32.2. The van der Waals surface area contributed by atoms with Crippen LogP contribution in [-0.2, 0) is 40.5 Å². The number of para-hydroxylation sites is 2. The Kier molecular flexibility index (Phi) is 13.7. The average Bonchev–Trinajstić information content (AvgIpc) is 3.22. The van der Waals surface area contributed by atoms with Crippen molar-refractivity contribution in [3.8, 4) is 11.5 Å². The number of rotatable bonds is 10. The van der Waals surface area contributed by atoms with Gasteiger partial charge >= 0.3 is 0 Å². The minimum Gasteiger partial charge on any atom is -0.505 e. The molecule has 0 aliphatic heterocycles. The van der Waals surface area contributed by atoms with E-state index in [4.69, 9.17) is 5.73 Å². The second-order valence-corrected chi connectivity index (χ2v) is 19.6. The van der Waals surface area contributed by atoms with Crippen LogP contribution in [0.25, 0.3) is 21.5 Å². The summed E-state index contributed by atoms with van der Waals surface area (Å²) in [6.07, 6.45) is 0. The molecule has 9 N–H and O–H groups in total. The fourth-order valence-corrected chi connectivity index (χ4v) is 8.75. The molecule has 0 saturated carbocycles. The predicted molar refractivity (Wildman–Crippen MR) is 243 cm³/mol. The molecule has 0 aliphatic carbocycles. The van der Waals surface area contributed by atoms with Crippen molar-refractivity contribution in [2.75, 3.05) is 5.32 Å². The lowest BCUT2D eigenvalue weighted by Crippen LogP contribution is -2.22. The number of aromatic hydroxyl groups is 2. The van der Waals surface area contributed by atoms with Crippen molar-refractivity contribution >= 4 is 102 Å². The number of guanidine groups is 1. The Morgan fingerprint density at radius 2 is 0.924 bits per heavy atom. The number of nitrogens with zero attached hydrogens (tertiary/aromatic N) is 5. The van der Waals surface area contributed by atoms with Crippen molar-refractivity contribution in [1.29, 1.82) is 0 Å². The lowest BCUT2D eigenvalue weighted by molar-refractivity contribution is 0.452. The zero-order chi connectivity index (χ0) is 48.4. The molecular formula is C41H35N7O14S4. The van der Waals surface area contributed by atoms with Crippen LogP contribution in [0.2, 0.25) is 0 Å². The first kappa shape index (κ1) is 48.2. The topological polar surface area (TPSA) is 358 Å². The smallest absolute Gasteiger partial charge is 0.295 e. The van der Waals surface area contributed by atoms with Crippen LogP contribution in [0, 0.1) is 13.8 Å². The van der Waals surface area contributed by atoms with Crippen molar-refractivity contribution in [3.05, 3.63) is 132 Å². The summed E-state index contributed by atoms with van der Waals surface area (Å²) in [4.78, 5) is 1.10. The van der Waals surface area contributed by atoms with E-state index in [1.54, 1.807) is 0 Å². The van der Waals surface area contributed by atoms with E-state index in [0.717, 1.165) is 58.9 Å². The van der Waals surface area contributed by atoms with E-state index in [2.05, 4.69) is 30.8 Å². The normalized spacial score (nSPS) is 12.7. The molecule has 7 aromatic rings. The summed E-state index contributed by atoms with van der Waals surface area (Å²) < 4.78 is 132. The average molecular weight is 978 g/mol. The number of phenols is 2. The van der Waals surface area contributed by atoms with Gasteiger partial charge in [0.1, 0.15) is 32.7 Å². The molecule has 0 bridgehead atoms. The van der Waals surface area contributed by atoms with Gasteiger partial charge in [-0.15, -0.1) is 10.2 Å². The Balaban J connectivity index is 0.000000333. The first-order chi connectivity index (χ1) is 30.8. The molecule has 66 heavy (non-hydrogen) atoms. The van der Waals surface area contributed by atoms with Crippen LogP contribution >= 0.6 is 0 Å². The zero-order valence-electron chi connectivity index (χ0n) is 33.9. The van der Waals surface area contributed by atoms with Crippen LogP contribution in [0.3, 0.4) is 0 Å². The third kappa shape index (κ3) is 11.7. The number of fused-ring (bicyclic) bond motifs is 2. The highest BCUT2D eigenvalue weighted by Crippen LogP contribution is 2.41. The first-order valence-corrected chi connectivity index (χ1v) is 24.2. The Morgan fingerprint density at radius 1 is 0.485 bits per heavy atom. The molecule has 21 nitrogen and oxygen atoms in total. The molecule has 0 saturated heterocycles. The van der Waals surface area contributed by atoms with Crippen LogP contribution in [0.5, 0.6) is 11.5 Å². The lowest BCUT2D eigenvalue weighted by atomic mass is 10.1. The van der Waals surface area contributed by atoms with Gasteiger partial charge < -0.3 is 21.3 Å². The summed E-state index contributed by atoms with van der Waals surface area (Å²) in [6, 6.07) is 28.0. The van der Waals surface area contributed by atoms with Gasteiger partial charge in [0, 0.05) is 28.6 Å². The van der Waals surface area contributed by atoms with Crippen LogP contribution in [0.15, 0.2) is 166 Å². The van der Waals surface area contributed by atoms with Gasteiger partial charge in [0.25, 0.3) is 40.5 Å². The molecule has 0 fully saturated rings. The first-order valence-electron chi connectivity index (χ1n) is 18.5. The lowest BCUT2D eigenvalue weighted by Gasteiger charge is -2.08. The zero-order valence-corrected chi connectivity index (χ0v) is 37.2. The van der Waals surface area contributed by atoms with E-state index >= 15 is 0 Å². The maximum Gasteiger partial charge on any atom is 0.295 e. The van der Waals surface area contributed by atoms with E-state index in [0.29, 0.717) is 18.1 Å². The number of benzene rings is 7. The Hall–Kier alpha value is -7.23. The van der Waals surface area contributed by atoms with Gasteiger partial charge in [-0.05, 0) is 96.4 Å². The van der Waals surface area contributed by atoms with Gasteiger partial charge in [-0.3, -0.25) is 18.2 Å². The number of hydrogen-bond donors (Lipinski definition) is 8. The maximum absolute atomic E-state index is 11.9. The van der Waals surface area contributed by atoms with Gasteiger partial charge in [0.15, 0.2) is 5.96 Å². The number of azo groups is 2. The summed E-state index contributed by atoms with van der Waals surface area (Å²) in [7, 11) is -19.6. The molecular weight excluding hydrogens is 943 g/mol. The molecule has 0 aromatic heterocycles. The van der Waals surface area contributed by atoms with E-state index in [1.165, 1.54) is 24.3 Å². The Labute approximate surface area is 376 Å².